The minimum absolute atomic E-state index is 1.75. The van der Waals surface area contributed by atoms with Crippen molar-refractivity contribution in [2.75, 3.05) is 0 Å². The molecule has 0 aliphatic rings. The van der Waals surface area contributed by atoms with Gasteiger partial charge < -0.3 is 0 Å². The van der Waals surface area contributed by atoms with Crippen molar-refractivity contribution in [1.29, 1.82) is 0 Å². The summed E-state index contributed by atoms with van der Waals surface area (Å²) in [5, 5.41) is 0. The Kier molecular flexibility index (Phi) is 5.88. The SMILES string of the molecule is [O]=[Cr](=[O])[OH].c1ccncc1. The van der Waals surface area contributed by atoms with Crippen molar-refractivity contribution in [2.24, 2.45) is 0 Å². The summed E-state index contributed by atoms with van der Waals surface area (Å²) in [6.07, 6.45) is 3.50. The number of aromatic nitrogens is 1. The Morgan fingerprint density at radius 1 is 1.10 bits per heavy atom. The van der Waals surface area contributed by atoms with Crippen molar-refractivity contribution in [3.63, 3.8) is 0 Å². The predicted molar refractivity (Wildman–Crippen MR) is 27.8 cm³/mol. The van der Waals surface area contributed by atoms with Gasteiger partial charge >= 0.3 is 26.1 Å². The second-order valence-corrected chi connectivity index (χ2v) is 1.92. The van der Waals surface area contributed by atoms with E-state index in [9.17, 15) is 0 Å². The molecule has 1 heterocycles. The number of hydrogen-bond acceptors (Lipinski definition) is 3. The summed E-state index contributed by atoms with van der Waals surface area (Å²) in [6.45, 7) is 0. The van der Waals surface area contributed by atoms with Crippen molar-refractivity contribution < 1.29 is 26.1 Å². The number of pyridine rings is 1. The van der Waals surface area contributed by atoms with E-state index in [4.69, 9.17) is 11.8 Å². The summed E-state index contributed by atoms with van der Waals surface area (Å²) < 4.78 is 24.4. The Bertz CT molecular complexity index is 187. The van der Waals surface area contributed by atoms with E-state index in [-0.39, 0.29) is 0 Å². The van der Waals surface area contributed by atoms with E-state index in [0.717, 1.165) is 0 Å². The average molecular weight is 180 g/mol. The Morgan fingerprint density at radius 2 is 1.50 bits per heavy atom. The van der Waals surface area contributed by atoms with Crippen LogP contribution in [0.3, 0.4) is 0 Å². The first-order valence-corrected chi connectivity index (χ1v) is 3.98. The molecule has 0 unspecified atom stereocenters. The van der Waals surface area contributed by atoms with Crippen LogP contribution in [0.1, 0.15) is 0 Å². The number of nitrogens with zero attached hydrogens (tertiary/aromatic N) is 1. The topological polar surface area (TPSA) is 67.3 Å². The molecule has 0 amide bonds. The van der Waals surface area contributed by atoms with Crippen molar-refractivity contribution in [2.45, 2.75) is 0 Å². The Hall–Kier alpha value is -0.758. The van der Waals surface area contributed by atoms with E-state index >= 15 is 0 Å². The normalized spacial score (nSPS) is 7.30. The Balaban J connectivity index is 0.000000180. The van der Waals surface area contributed by atoms with E-state index in [1.54, 1.807) is 12.4 Å². The fourth-order valence-electron chi connectivity index (χ4n) is 0.313. The summed E-state index contributed by atoms with van der Waals surface area (Å²) in [5.41, 5.74) is 0. The molecule has 5 heteroatoms. The number of rotatable bonds is 0. The van der Waals surface area contributed by atoms with E-state index < -0.39 is 14.4 Å². The summed E-state index contributed by atoms with van der Waals surface area (Å²) in [7, 11) is 0. The van der Waals surface area contributed by atoms with Gasteiger partial charge in [-0.1, -0.05) is 6.07 Å². The minimum Gasteiger partial charge on any atom is -0.265 e. The molecular weight excluding hydrogens is 174 g/mol. The van der Waals surface area contributed by atoms with Gasteiger partial charge in [0.1, 0.15) is 0 Å². The van der Waals surface area contributed by atoms with E-state index in [1.165, 1.54) is 0 Å². The molecule has 0 aliphatic carbocycles. The first kappa shape index (κ1) is 9.24. The third kappa shape index (κ3) is 10.3. The van der Waals surface area contributed by atoms with Gasteiger partial charge in [-0.3, -0.25) is 4.98 Å². The second-order valence-electron chi connectivity index (χ2n) is 1.24. The quantitative estimate of drug-likeness (QED) is 0.622. The summed E-state index contributed by atoms with van der Waals surface area (Å²) in [4.78, 5) is 3.78. The molecule has 0 bridgehead atoms. The fourth-order valence-corrected chi connectivity index (χ4v) is 0.313. The third-order valence-corrected chi connectivity index (χ3v) is 0.566. The zero-order valence-corrected chi connectivity index (χ0v) is 6.28. The second kappa shape index (κ2) is 6.36. The van der Waals surface area contributed by atoms with Gasteiger partial charge in [-0.15, -0.1) is 0 Å². The zero-order valence-electron chi connectivity index (χ0n) is 5.01. The van der Waals surface area contributed by atoms with Crippen LogP contribution < -0.4 is 0 Å². The molecule has 0 aromatic carbocycles. The van der Waals surface area contributed by atoms with Gasteiger partial charge in [-0.05, 0) is 12.1 Å². The van der Waals surface area contributed by atoms with E-state index in [2.05, 4.69) is 4.98 Å². The molecule has 10 heavy (non-hydrogen) atoms. The minimum atomic E-state index is -3.54. The smallest absolute Gasteiger partial charge is 0.0267 e. The third-order valence-electron chi connectivity index (χ3n) is 0.566. The summed E-state index contributed by atoms with van der Waals surface area (Å²) >= 11 is -3.54. The standard InChI is InChI=1S/C5H5N.Cr.H2O.2O/c1-2-4-6-5-3-1;;;;/h1-5H;;1H2;;/q;+1;;;/p-1. The molecule has 1 aromatic heterocycles. The maximum atomic E-state index is 8.65. The first-order chi connectivity index (χ1) is 4.73. The summed E-state index contributed by atoms with van der Waals surface area (Å²) in [5.74, 6) is 0. The molecule has 0 atom stereocenters. The maximum absolute atomic E-state index is 8.65. The molecule has 1 aromatic rings. The zero-order chi connectivity index (χ0) is 7.82. The van der Waals surface area contributed by atoms with Gasteiger partial charge in [-0.25, -0.2) is 0 Å². The molecule has 0 radical (unpaired) electrons. The molecule has 0 saturated carbocycles. The first-order valence-electron chi connectivity index (χ1n) is 2.37. The molecule has 0 saturated heterocycles. The molecule has 55 valence electrons. The average Bonchev–Trinajstić information content (AvgIpc) is 1.90. The van der Waals surface area contributed by atoms with Crippen molar-refractivity contribution >= 4 is 0 Å². The van der Waals surface area contributed by atoms with Crippen LogP contribution in [0.15, 0.2) is 30.6 Å². The van der Waals surface area contributed by atoms with Crippen LogP contribution in [0.2, 0.25) is 0 Å². The van der Waals surface area contributed by atoms with Crippen LogP contribution in [0, 0.1) is 0 Å². The van der Waals surface area contributed by atoms with Gasteiger partial charge in [-0.2, -0.15) is 0 Å². The van der Waals surface area contributed by atoms with Crippen LogP contribution >= 0.6 is 0 Å². The van der Waals surface area contributed by atoms with Crippen molar-refractivity contribution in [3.05, 3.63) is 30.6 Å². The molecular formula is C5H6CrNO3. The van der Waals surface area contributed by atoms with Gasteiger partial charge in [0.2, 0.25) is 0 Å². The van der Waals surface area contributed by atoms with Crippen molar-refractivity contribution in [1.82, 2.24) is 4.98 Å². The van der Waals surface area contributed by atoms with Gasteiger partial charge in [0, 0.05) is 12.4 Å². The monoisotopic (exact) mass is 180 g/mol. The van der Waals surface area contributed by atoms with E-state index in [1.807, 2.05) is 18.2 Å². The van der Waals surface area contributed by atoms with Crippen molar-refractivity contribution in [3.8, 4) is 0 Å². The van der Waals surface area contributed by atoms with Crippen LogP contribution in [-0.2, 0) is 22.0 Å². The molecule has 0 aliphatic heterocycles. The molecule has 1 N–H and O–H groups in total. The Labute approximate surface area is 62.3 Å². The summed E-state index contributed by atoms with van der Waals surface area (Å²) in [6, 6.07) is 5.72. The molecule has 0 fully saturated rings. The fraction of sp³-hybridized carbons (Fsp3) is 0. The van der Waals surface area contributed by atoms with Gasteiger partial charge in [0.05, 0.1) is 0 Å². The molecule has 4 nitrogen and oxygen atoms in total. The van der Waals surface area contributed by atoms with E-state index in [0.29, 0.717) is 0 Å². The Morgan fingerprint density at radius 3 is 1.60 bits per heavy atom. The molecule has 0 spiro atoms. The number of hydrogen-bond donors (Lipinski definition) is 1. The van der Waals surface area contributed by atoms with Crippen LogP contribution in [0.5, 0.6) is 0 Å². The van der Waals surface area contributed by atoms with Crippen LogP contribution in [0.4, 0.5) is 0 Å². The van der Waals surface area contributed by atoms with Crippen LogP contribution in [0.25, 0.3) is 0 Å². The van der Waals surface area contributed by atoms with Gasteiger partial charge in [0.15, 0.2) is 0 Å². The predicted octanol–water partition coefficient (Wildman–Crippen LogP) is 0.284. The maximum Gasteiger partial charge on any atom is 0.0267 e. The molecule has 1 rings (SSSR count). The largest absolute Gasteiger partial charge is 0.265 e. The van der Waals surface area contributed by atoms with Gasteiger partial charge in [0.25, 0.3) is 0 Å². The van der Waals surface area contributed by atoms with Crippen LogP contribution in [-0.4, -0.2) is 9.14 Å².